The van der Waals surface area contributed by atoms with E-state index < -0.39 is 0 Å². The van der Waals surface area contributed by atoms with E-state index in [-0.39, 0.29) is 0 Å². The normalized spacial score (nSPS) is 17.0. The molecule has 1 heteroatoms. The van der Waals surface area contributed by atoms with Gasteiger partial charge in [0.05, 0.1) is 11.6 Å². The first-order valence-corrected chi connectivity index (χ1v) is 4.78. The lowest BCUT2D eigenvalue weighted by Gasteiger charge is -1.98. The van der Waals surface area contributed by atoms with Gasteiger partial charge in [0.2, 0.25) is 0 Å². The first kappa shape index (κ1) is 9.98. The topological polar surface area (TPSA) is 23.8 Å². The molecule has 1 fully saturated rings. The van der Waals surface area contributed by atoms with Crippen molar-refractivity contribution < 1.29 is 0 Å². The summed E-state index contributed by atoms with van der Waals surface area (Å²) in [4.78, 5) is 0. The van der Waals surface area contributed by atoms with Gasteiger partial charge in [0.25, 0.3) is 0 Å². The van der Waals surface area contributed by atoms with Gasteiger partial charge in [-0.25, -0.2) is 0 Å². The van der Waals surface area contributed by atoms with Crippen LogP contribution in [0, 0.1) is 42.9 Å². The summed E-state index contributed by atoms with van der Waals surface area (Å²) in [5, 5.41) is 8.64. The van der Waals surface area contributed by atoms with Gasteiger partial charge in [-0.15, -0.1) is 0 Å². The molecule has 0 aliphatic heterocycles. The fourth-order valence-corrected chi connectivity index (χ4v) is 1.36. The van der Waals surface area contributed by atoms with Crippen molar-refractivity contribution in [3.8, 4) is 6.07 Å². The molecule has 5 radical (unpaired) electrons. The molecule has 0 spiro atoms. The van der Waals surface area contributed by atoms with Gasteiger partial charge in [-0.05, 0) is 43.4 Å². The van der Waals surface area contributed by atoms with E-state index in [1.54, 1.807) is 0 Å². The third kappa shape index (κ3) is 2.70. The average molecular weight is 192 g/mol. The summed E-state index contributed by atoms with van der Waals surface area (Å²) in [6, 6.07) is 9.63. The Bertz CT molecular complexity index is 375. The number of benzene rings is 1. The van der Waals surface area contributed by atoms with Gasteiger partial charge in [0.1, 0.15) is 0 Å². The Morgan fingerprint density at radius 3 is 2.20 bits per heavy atom. The van der Waals surface area contributed by atoms with Crippen LogP contribution in [0.25, 0.3) is 6.08 Å². The summed E-state index contributed by atoms with van der Waals surface area (Å²) < 4.78 is 0. The maximum Gasteiger partial charge on any atom is 0.0991 e. The lowest BCUT2D eigenvalue weighted by Crippen LogP contribution is -1.84. The van der Waals surface area contributed by atoms with Gasteiger partial charge in [-0.3, -0.25) is 0 Å². The Balaban J connectivity index is 2.01. The van der Waals surface area contributed by atoms with E-state index in [0.717, 1.165) is 5.56 Å². The molecule has 1 saturated carbocycles. The summed E-state index contributed by atoms with van der Waals surface area (Å²) in [7, 11) is 0. The minimum Gasteiger partial charge on any atom is -0.192 e. The molecule has 0 N–H and O–H groups in total. The monoisotopic (exact) mass is 192 g/mol. The molecule has 0 aromatic heterocycles. The van der Waals surface area contributed by atoms with Crippen LogP contribution in [0.4, 0.5) is 0 Å². The third-order valence-electron chi connectivity index (χ3n) is 2.20. The van der Waals surface area contributed by atoms with E-state index in [1.807, 2.05) is 43.2 Å². The minimum atomic E-state index is 0.695. The molecule has 0 bridgehead atoms. The molecule has 0 atom stereocenters. The molecule has 1 aromatic rings. The maximum absolute atomic E-state index is 8.64. The SMILES string of the molecule is N#Cc1ccc(/C=C/[C]2[CH][CH][CH][CH]2)cc1. The number of nitriles is 1. The van der Waals surface area contributed by atoms with Gasteiger partial charge in [-0.1, -0.05) is 24.3 Å². The molecule has 0 heterocycles. The van der Waals surface area contributed by atoms with Crippen LogP contribution in [0.15, 0.2) is 30.3 Å². The van der Waals surface area contributed by atoms with Crippen molar-refractivity contribution in [1.29, 1.82) is 5.26 Å². The van der Waals surface area contributed by atoms with Gasteiger partial charge < -0.3 is 0 Å². The second-order valence-corrected chi connectivity index (χ2v) is 3.29. The molecule has 0 unspecified atom stereocenters. The first-order chi connectivity index (χ1) is 7.38. The van der Waals surface area contributed by atoms with Crippen molar-refractivity contribution in [3.05, 3.63) is 73.1 Å². The van der Waals surface area contributed by atoms with Crippen molar-refractivity contribution in [2.75, 3.05) is 0 Å². The van der Waals surface area contributed by atoms with E-state index in [9.17, 15) is 0 Å². The van der Waals surface area contributed by atoms with Crippen LogP contribution in [-0.4, -0.2) is 0 Å². The maximum atomic E-state index is 8.64. The van der Waals surface area contributed by atoms with Crippen molar-refractivity contribution in [3.63, 3.8) is 0 Å². The molecular weight excluding hydrogens is 182 g/mol. The third-order valence-corrected chi connectivity index (χ3v) is 2.20. The van der Waals surface area contributed by atoms with Crippen LogP contribution in [0.1, 0.15) is 11.1 Å². The van der Waals surface area contributed by atoms with Gasteiger partial charge in [0, 0.05) is 5.92 Å². The summed E-state index contributed by atoms with van der Waals surface area (Å²) >= 11 is 0. The predicted molar refractivity (Wildman–Crippen MR) is 60.6 cm³/mol. The van der Waals surface area contributed by atoms with Crippen molar-refractivity contribution in [2.24, 2.45) is 0 Å². The number of nitrogens with zero attached hydrogens (tertiary/aromatic N) is 1. The Morgan fingerprint density at radius 1 is 0.933 bits per heavy atom. The highest BCUT2D eigenvalue weighted by atomic mass is 14.2. The number of allylic oxidation sites excluding steroid dienone is 1. The Labute approximate surface area is 91.0 Å². The molecule has 1 aliphatic carbocycles. The minimum absolute atomic E-state index is 0.695. The fourth-order valence-electron chi connectivity index (χ4n) is 1.36. The molecular formula is C14H10N. The second-order valence-electron chi connectivity index (χ2n) is 3.29. The fraction of sp³-hybridized carbons (Fsp3) is 0. The highest BCUT2D eigenvalue weighted by molar-refractivity contribution is 5.57. The van der Waals surface area contributed by atoms with E-state index in [1.165, 1.54) is 5.92 Å². The van der Waals surface area contributed by atoms with Gasteiger partial charge in [0.15, 0.2) is 0 Å². The van der Waals surface area contributed by atoms with Crippen molar-refractivity contribution in [2.45, 2.75) is 0 Å². The highest BCUT2D eigenvalue weighted by Crippen LogP contribution is 2.24. The Kier molecular flexibility index (Phi) is 3.19. The quantitative estimate of drug-likeness (QED) is 0.706. The highest BCUT2D eigenvalue weighted by Gasteiger charge is 2.12. The van der Waals surface area contributed by atoms with Crippen LogP contribution >= 0.6 is 0 Å². The zero-order valence-electron chi connectivity index (χ0n) is 8.22. The van der Waals surface area contributed by atoms with Crippen LogP contribution < -0.4 is 0 Å². The van der Waals surface area contributed by atoms with Crippen LogP contribution in [0.2, 0.25) is 0 Å². The van der Waals surface area contributed by atoms with E-state index in [2.05, 4.69) is 25.0 Å². The summed E-state index contributed by atoms with van der Waals surface area (Å²) in [5.74, 6) is 1.19. The molecule has 1 aromatic carbocycles. The smallest absolute Gasteiger partial charge is 0.0991 e. The summed E-state index contributed by atoms with van der Waals surface area (Å²) in [6.07, 6.45) is 12.2. The molecule has 1 nitrogen and oxygen atoms in total. The standard InChI is InChI=1S/C14H10N/c15-11-14-9-7-13(8-10-14)6-5-12-3-1-2-4-12/h1-10H/b6-5+. The molecule has 0 amide bonds. The zero-order chi connectivity index (χ0) is 10.5. The Morgan fingerprint density at radius 2 is 1.60 bits per heavy atom. The lowest BCUT2D eigenvalue weighted by atomic mass is 10.1. The second kappa shape index (κ2) is 4.79. The summed E-state index contributed by atoms with van der Waals surface area (Å²) in [6.45, 7) is 0. The number of rotatable bonds is 2. The predicted octanol–water partition coefficient (Wildman–Crippen LogP) is 2.98. The number of hydrogen-bond donors (Lipinski definition) is 0. The van der Waals surface area contributed by atoms with E-state index in [4.69, 9.17) is 5.26 Å². The summed E-state index contributed by atoms with van der Waals surface area (Å²) in [5.41, 5.74) is 1.80. The Hall–Kier alpha value is -1.55. The van der Waals surface area contributed by atoms with Crippen molar-refractivity contribution >= 4 is 6.08 Å². The van der Waals surface area contributed by atoms with Gasteiger partial charge in [-0.2, -0.15) is 5.26 Å². The van der Waals surface area contributed by atoms with Crippen LogP contribution in [0.5, 0.6) is 0 Å². The lowest BCUT2D eigenvalue weighted by molar-refractivity contribution is 1.39. The van der Waals surface area contributed by atoms with E-state index >= 15 is 0 Å². The largest absolute Gasteiger partial charge is 0.192 e. The average Bonchev–Trinajstić information content (AvgIpc) is 2.80. The molecule has 71 valence electrons. The van der Waals surface area contributed by atoms with Gasteiger partial charge >= 0.3 is 0 Å². The molecule has 2 rings (SSSR count). The number of hydrogen-bond acceptors (Lipinski definition) is 1. The molecule has 1 aliphatic rings. The zero-order valence-corrected chi connectivity index (χ0v) is 8.22. The first-order valence-electron chi connectivity index (χ1n) is 4.78. The van der Waals surface area contributed by atoms with Crippen LogP contribution in [-0.2, 0) is 0 Å². The molecule has 0 saturated heterocycles. The van der Waals surface area contributed by atoms with Crippen molar-refractivity contribution in [1.82, 2.24) is 0 Å². The van der Waals surface area contributed by atoms with E-state index in [0.29, 0.717) is 5.56 Å². The molecule has 15 heavy (non-hydrogen) atoms. The van der Waals surface area contributed by atoms with Crippen LogP contribution in [0.3, 0.4) is 0 Å².